The zero-order valence-corrected chi connectivity index (χ0v) is 10.6. The van der Waals surface area contributed by atoms with Crippen LogP contribution in [0.5, 0.6) is 5.75 Å². The standard InChI is InChI=1S/C14H15NO4/c1-3-5-12(14(17)18)15-13(16)9-19-11-7-4-6-10(2)8-11/h1,4,6-8,12H,5,9H2,2H3,(H,15,16)(H,17,18). The average molecular weight is 261 g/mol. The van der Waals surface area contributed by atoms with Gasteiger partial charge >= 0.3 is 5.97 Å². The van der Waals surface area contributed by atoms with Gasteiger partial charge in [0.1, 0.15) is 11.8 Å². The highest BCUT2D eigenvalue weighted by Gasteiger charge is 2.18. The second-order valence-corrected chi connectivity index (χ2v) is 3.97. The lowest BCUT2D eigenvalue weighted by Gasteiger charge is -2.12. The van der Waals surface area contributed by atoms with E-state index in [0.717, 1.165) is 5.56 Å². The predicted octanol–water partition coefficient (Wildman–Crippen LogP) is 0.967. The molecule has 0 heterocycles. The van der Waals surface area contributed by atoms with E-state index < -0.39 is 17.9 Å². The van der Waals surface area contributed by atoms with Crippen molar-refractivity contribution in [2.45, 2.75) is 19.4 Å². The second-order valence-electron chi connectivity index (χ2n) is 3.97. The molecule has 0 aromatic heterocycles. The van der Waals surface area contributed by atoms with Crippen molar-refractivity contribution in [3.05, 3.63) is 29.8 Å². The lowest BCUT2D eigenvalue weighted by atomic mass is 10.2. The number of aliphatic carboxylic acids is 1. The monoisotopic (exact) mass is 261 g/mol. The Labute approximate surface area is 111 Å². The van der Waals surface area contributed by atoms with Crippen molar-refractivity contribution in [2.24, 2.45) is 0 Å². The Kier molecular flexibility index (Phi) is 5.42. The van der Waals surface area contributed by atoms with Gasteiger partial charge in [0, 0.05) is 6.42 Å². The Morgan fingerprint density at radius 3 is 2.84 bits per heavy atom. The van der Waals surface area contributed by atoms with Gasteiger partial charge in [-0.15, -0.1) is 12.3 Å². The van der Waals surface area contributed by atoms with Crippen LogP contribution in [0.25, 0.3) is 0 Å². The van der Waals surface area contributed by atoms with Crippen molar-refractivity contribution in [2.75, 3.05) is 6.61 Å². The zero-order chi connectivity index (χ0) is 14.3. The summed E-state index contributed by atoms with van der Waals surface area (Å²) in [7, 11) is 0. The molecule has 1 unspecified atom stereocenters. The van der Waals surface area contributed by atoms with E-state index in [0.29, 0.717) is 5.75 Å². The molecule has 1 aromatic carbocycles. The summed E-state index contributed by atoms with van der Waals surface area (Å²) in [6.07, 6.45) is 4.96. The van der Waals surface area contributed by atoms with Crippen molar-refractivity contribution < 1.29 is 19.4 Å². The number of ether oxygens (including phenoxy) is 1. The van der Waals surface area contributed by atoms with Crippen LogP contribution >= 0.6 is 0 Å². The van der Waals surface area contributed by atoms with Crippen LogP contribution in [0.2, 0.25) is 0 Å². The third kappa shape index (κ3) is 5.13. The maximum absolute atomic E-state index is 11.5. The molecule has 19 heavy (non-hydrogen) atoms. The highest BCUT2D eigenvalue weighted by Crippen LogP contribution is 2.11. The molecular formula is C14H15NO4. The number of carboxylic acid groups (broad SMARTS) is 1. The van der Waals surface area contributed by atoms with Crippen LogP contribution in [-0.4, -0.2) is 29.6 Å². The fourth-order valence-electron chi connectivity index (χ4n) is 1.41. The third-order valence-corrected chi connectivity index (χ3v) is 2.31. The van der Waals surface area contributed by atoms with Gasteiger partial charge in [0.05, 0.1) is 0 Å². The Morgan fingerprint density at radius 2 is 2.26 bits per heavy atom. The van der Waals surface area contributed by atoms with Crippen molar-refractivity contribution >= 4 is 11.9 Å². The summed E-state index contributed by atoms with van der Waals surface area (Å²) in [6.45, 7) is 1.65. The molecule has 0 saturated heterocycles. The number of carbonyl (C=O) groups excluding carboxylic acids is 1. The van der Waals surface area contributed by atoms with E-state index >= 15 is 0 Å². The largest absolute Gasteiger partial charge is 0.484 e. The lowest BCUT2D eigenvalue weighted by molar-refractivity contribution is -0.141. The SMILES string of the molecule is C#CCC(NC(=O)COc1cccc(C)c1)C(=O)O. The number of benzene rings is 1. The van der Waals surface area contributed by atoms with E-state index in [1.807, 2.05) is 13.0 Å². The number of amides is 1. The molecule has 1 aromatic rings. The van der Waals surface area contributed by atoms with Crippen LogP contribution in [0.1, 0.15) is 12.0 Å². The van der Waals surface area contributed by atoms with Crippen LogP contribution in [0.3, 0.4) is 0 Å². The predicted molar refractivity (Wildman–Crippen MR) is 69.7 cm³/mol. The summed E-state index contributed by atoms with van der Waals surface area (Å²) in [5.74, 6) is 1.07. The first kappa shape index (κ1) is 14.6. The Bertz CT molecular complexity index is 504. The molecule has 0 fully saturated rings. The van der Waals surface area contributed by atoms with Gasteiger partial charge in [0.15, 0.2) is 6.61 Å². The van der Waals surface area contributed by atoms with Crippen LogP contribution in [0.4, 0.5) is 0 Å². The van der Waals surface area contributed by atoms with Crippen molar-refractivity contribution in [1.29, 1.82) is 0 Å². The van der Waals surface area contributed by atoms with Crippen LogP contribution in [0.15, 0.2) is 24.3 Å². The molecule has 5 nitrogen and oxygen atoms in total. The highest BCUT2D eigenvalue weighted by atomic mass is 16.5. The molecule has 1 amide bonds. The van der Waals surface area contributed by atoms with Gasteiger partial charge < -0.3 is 15.2 Å². The first-order chi connectivity index (χ1) is 9.02. The van der Waals surface area contributed by atoms with Gasteiger partial charge in [-0.2, -0.15) is 0 Å². The number of hydrogen-bond donors (Lipinski definition) is 2. The maximum atomic E-state index is 11.5. The highest BCUT2D eigenvalue weighted by molar-refractivity contribution is 5.84. The van der Waals surface area contributed by atoms with Gasteiger partial charge in [0.25, 0.3) is 5.91 Å². The maximum Gasteiger partial charge on any atom is 0.327 e. The number of nitrogens with one attached hydrogen (secondary N) is 1. The summed E-state index contributed by atoms with van der Waals surface area (Å²) >= 11 is 0. The third-order valence-electron chi connectivity index (χ3n) is 2.31. The van der Waals surface area contributed by atoms with Gasteiger partial charge in [0.2, 0.25) is 0 Å². The van der Waals surface area contributed by atoms with E-state index in [1.54, 1.807) is 18.2 Å². The number of carboxylic acids is 1. The van der Waals surface area contributed by atoms with Crippen molar-refractivity contribution in [1.82, 2.24) is 5.32 Å². The van der Waals surface area contributed by atoms with Gasteiger partial charge in [-0.25, -0.2) is 4.79 Å². The quantitative estimate of drug-likeness (QED) is 0.748. The topological polar surface area (TPSA) is 75.6 Å². The molecule has 0 aliphatic rings. The fourth-order valence-corrected chi connectivity index (χ4v) is 1.41. The van der Waals surface area contributed by atoms with Gasteiger partial charge in [-0.1, -0.05) is 12.1 Å². The van der Waals surface area contributed by atoms with Gasteiger partial charge in [-0.05, 0) is 24.6 Å². The summed E-state index contributed by atoms with van der Waals surface area (Å²) in [5.41, 5.74) is 1.01. The molecule has 5 heteroatoms. The zero-order valence-electron chi connectivity index (χ0n) is 10.6. The number of hydrogen-bond acceptors (Lipinski definition) is 3. The molecule has 2 N–H and O–H groups in total. The van der Waals surface area contributed by atoms with Crippen LogP contribution in [0, 0.1) is 19.3 Å². The molecular weight excluding hydrogens is 246 g/mol. The van der Waals surface area contributed by atoms with E-state index in [4.69, 9.17) is 16.3 Å². The Hall–Kier alpha value is -2.48. The summed E-state index contributed by atoms with van der Waals surface area (Å²) in [6, 6.07) is 6.12. The molecule has 0 saturated carbocycles. The second kappa shape index (κ2) is 7.07. The first-order valence-electron chi connectivity index (χ1n) is 5.68. The van der Waals surface area contributed by atoms with E-state index in [2.05, 4.69) is 11.2 Å². The van der Waals surface area contributed by atoms with Crippen molar-refractivity contribution in [3.8, 4) is 18.1 Å². The average Bonchev–Trinajstić information content (AvgIpc) is 2.36. The number of aryl methyl sites for hydroxylation is 1. The number of rotatable bonds is 6. The molecule has 0 aliphatic carbocycles. The van der Waals surface area contributed by atoms with E-state index in [9.17, 15) is 9.59 Å². The minimum atomic E-state index is -1.16. The summed E-state index contributed by atoms with van der Waals surface area (Å²) in [4.78, 5) is 22.3. The molecule has 0 radical (unpaired) electrons. The Morgan fingerprint density at radius 1 is 1.53 bits per heavy atom. The van der Waals surface area contributed by atoms with E-state index in [1.165, 1.54) is 0 Å². The molecule has 1 rings (SSSR count). The summed E-state index contributed by atoms with van der Waals surface area (Å²) in [5, 5.41) is 11.1. The van der Waals surface area contributed by atoms with Crippen LogP contribution < -0.4 is 10.1 Å². The Balaban J connectivity index is 2.47. The lowest BCUT2D eigenvalue weighted by Crippen LogP contribution is -2.42. The number of carbonyl (C=O) groups is 2. The molecule has 100 valence electrons. The fraction of sp³-hybridized carbons (Fsp3) is 0.286. The minimum Gasteiger partial charge on any atom is -0.484 e. The van der Waals surface area contributed by atoms with Crippen LogP contribution in [-0.2, 0) is 9.59 Å². The normalized spacial score (nSPS) is 11.2. The van der Waals surface area contributed by atoms with E-state index in [-0.39, 0.29) is 13.0 Å². The minimum absolute atomic E-state index is 0.0640. The first-order valence-corrected chi connectivity index (χ1v) is 5.68. The van der Waals surface area contributed by atoms with Gasteiger partial charge in [-0.3, -0.25) is 4.79 Å². The molecule has 0 bridgehead atoms. The molecule has 1 atom stereocenters. The van der Waals surface area contributed by atoms with Crippen molar-refractivity contribution in [3.63, 3.8) is 0 Å². The summed E-state index contributed by atoms with van der Waals surface area (Å²) < 4.78 is 5.25. The molecule has 0 aliphatic heterocycles. The number of terminal acetylenes is 1. The molecule has 0 spiro atoms. The smallest absolute Gasteiger partial charge is 0.327 e.